The van der Waals surface area contributed by atoms with E-state index in [0.29, 0.717) is 34.5 Å². The summed E-state index contributed by atoms with van der Waals surface area (Å²) in [5.74, 6) is 5.50. The fourth-order valence-electron chi connectivity index (χ4n) is 6.47. The van der Waals surface area contributed by atoms with Crippen molar-refractivity contribution in [1.82, 2.24) is 24.3 Å². The summed E-state index contributed by atoms with van der Waals surface area (Å²) in [6.45, 7) is 6.04. The number of benzene rings is 4. The van der Waals surface area contributed by atoms with Crippen LogP contribution in [0.1, 0.15) is 17.1 Å². The van der Waals surface area contributed by atoms with E-state index in [2.05, 4.69) is 40.0 Å². The van der Waals surface area contributed by atoms with Crippen LogP contribution in [-0.4, -0.2) is 76.1 Å². The van der Waals surface area contributed by atoms with Crippen LogP contribution >= 0.6 is 0 Å². The van der Waals surface area contributed by atoms with E-state index < -0.39 is 0 Å². The molecule has 0 saturated heterocycles. The van der Waals surface area contributed by atoms with E-state index in [-0.39, 0.29) is 20.1 Å². The summed E-state index contributed by atoms with van der Waals surface area (Å²) in [6, 6.07) is 32.5. The van der Waals surface area contributed by atoms with E-state index >= 15 is 0 Å². The molecule has 0 atom stereocenters. The molecule has 16 heteroatoms. The molecule has 8 aromatic rings. The van der Waals surface area contributed by atoms with Crippen molar-refractivity contribution in [1.29, 1.82) is 0 Å². The van der Waals surface area contributed by atoms with Gasteiger partial charge >= 0.3 is 0 Å². The summed E-state index contributed by atoms with van der Waals surface area (Å²) in [4.78, 5) is 4.12. The maximum atomic E-state index is 5.55. The Hall–Kier alpha value is -7.29. The fraction of sp³-hybridized carbons (Fsp3) is 0.224. The van der Waals surface area contributed by atoms with Crippen molar-refractivity contribution in [2.75, 3.05) is 56.9 Å². The van der Waals surface area contributed by atoms with E-state index in [1.165, 1.54) is 0 Å². The van der Waals surface area contributed by atoms with Crippen molar-refractivity contribution in [2.24, 2.45) is 0 Å². The molecule has 0 aliphatic rings. The Morgan fingerprint density at radius 3 is 1.60 bits per heavy atom. The standard InChI is InChI=1S/C21H23N2O4.C20H21N2O4.C8H6N3.Ir/c1-14-15(2)23(19-10-8-17(25-4)12-21(19)27-6)13-22(14)18-9-7-16(24-3)11-20(18)26-5;1-14-12-21(17-8-6-15(23-2)10-19(17)25-4)13-22(14)18-9-7-16(24-3)11-20(18)26-5;1-2-5-9-7(3-1)8-4-6-10-11-8;/h7-9,11-12H,1-6H3;6-8,10-12H,1-5H3;1-6H;/q3*-1;. The molecule has 0 saturated carbocycles. The Bertz CT molecular complexity index is 2700. The van der Waals surface area contributed by atoms with E-state index in [9.17, 15) is 0 Å². The van der Waals surface area contributed by atoms with Crippen molar-refractivity contribution >= 4 is 0 Å². The number of imidazole rings is 2. The summed E-state index contributed by atoms with van der Waals surface area (Å²) in [5, 5.41) is 7.58. The smallest absolute Gasteiger partial charge is 0.267 e. The van der Waals surface area contributed by atoms with Gasteiger partial charge in [0.05, 0.1) is 62.6 Å². The van der Waals surface area contributed by atoms with Crippen LogP contribution in [-0.2, 0) is 20.1 Å². The molecule has 65 heavy (non-hydrogen) atoms. The predicted molar refractivity (Wildman–Crippen MR) is 237 cm³/mol. The van der Waals surface area contributed by atoms with Crippen LogP contribution in [0.5, 0.6) is 46.0 Å². The largest absolute Gasteiger partial charge is 0.574 e. The van der Waals surface area contributed by atoms with Gasteiger partial charge in [-0.1, -0.05) is 30.0 Å². The van der Waals surface area contributed by atoms with Crippen LogP contribution in [0.3, 0.4) is 0 Å². The van der Waals surface area contributed by atoms with E-state index in [1.54, 1.807) is 81.4 Å². The van der Waals surface area contributed by atoms with Gasteiger partial charge in [-0.25, -0.2) is 0 Å². The predicted octanol–water partition coefficient (Wildman–Crippen LogP) is 6.80. The number of pyridine rings is 1. The maximum Gasteiger partial charge on any atom is 0.267 e. The third-order valence-electron chi connectivity index (χ3n) is 10.0. The molecule has 8 rings (SSSR count). The second-order valence-corrected chi connectivity index (χ2v) is 13.6. The second-order valence-electron chi connectivity index (χ2n) is 13.6. The van der Waals surface area contributed by atoms with Crippen molar-refractivity contribution in [3.8, 4) is 80.1 Å². The van der Waals surface area contributed by atoms with Crippen LogP contribution in [0.2, 0.25) is 0 Å². The van der Waals surface area contributed by atoms with Crippen molar-refractivity contribution in [3.05, 3.63) is 145 Å². The monoisotopic (exact) mass is 1060 g/mol. The normalized spacial score (nSPS) is 10.3. The Morgan fingerprint density at radius 2 is 1.09 bits per heavy atom. The van der Waals surface area contributed by atoms with Gasteiger partial charge in [0.1, 0.15) is 34.4 Å². The molecule has 0 N–H and O–H groups in total. The van der Waals surface area contributed by atoms with Crippen LogP contribution in [0.25, 0.3) is 34.1 Å². The van der Waals surface area contributed by atoms with Gasteiger partial charge in [0.25, 0.3) is 12.7 Å². The molecule has 4 aromatic carbocycles. The summed E-state index contributed by atoms with van der Waals surface area (Å²) >= 11 is 0. The molecule has 0 unspecified atom stereocenters. The van der Waals surface area contributed by atoms with Gasteiger partial charge in [-0.2, -0.15) is 12.1 Å². The molecule has 0 amide bonds. The first-order valence-corrected chi connectivity index (χ1v) is 19.8. The van der Waals surface area contributed by atoms with E-state index in [4.69, 9.17) is 37.9 Å². The molecule has 0 fully saturated rings. The molecule has 0 aliphatic carbocycles. The Balaban J connectivity index is 0.000000196. The maximum absolute atomic E-state index is 5.55. The van der Waals surface area contributed by atoms with Gasteiger partial charge in [-0.3, -0.25) is 14.1 Å². The number of aromatic nitrogens is 7. The molecular formula is C49H50IrN7O8-3. The third-order valence-corrected chi connectivity index (χ3v) is 10.0. The molecule has 15 nitrogen and oxygen atoms in total. The Kier molecular flexibility index (Phi) is 17.2. The van der Waals surface area contributed by atoms with Crippen LogP contribution < -0.4 is 52.1 Å². The zero-order chi connectivity index (χ0) is 45.8. The van der Waals surface area contributed by atoms with Crippen LogP contribution in [0.4, 0.5) is 0 Å². The summed E-state index contributed by atoms with van der Waals surface area (Å²) < 4.78 is 50.7. The van der Waals surface area contributed by atoms with Gasteiger partial charge in [0, 0.05) is 90.9 Å². The summed E-state index contributed by atoms with van der Waals surface area (Å²) in [7, 11) is 13.0. The number of ether oxygens (including phenoxy) is 8. The SMILES string of the molecule is COc1c[c-]c(-n2[c-][n+](-c3ccc(OC)cc3OC)c(C)c2C)c(OC)c1.COc1c[c-]c(-n2[c-][n+](-c3ccc(OC)cc3OC)cc2C)c(OC)c1.[Ir].c1ccc(-c2ccn[n-]2)nc1. The zero-order valence-electron chi connectivity index (χ0n) is 38.0. The van der Waals surface area contributed by atoms with E-state index in [1.807, 2.05) is 118 Å². The minimum absolute atomic E-state index is 0. The Morgan fingerprint density at radius 1 is 0.554 bits per heavy atom. The number of methoxy groups -OCH3 is 8. The second kappa shape index (κ2) is 22.9. The quantitative estimate of drug-likeness (QED) is 0.0893. The number of nitrogens with zero attached hydrogens (tertiary/aromatic N) is 7. The van der Waals surface area contributed by atoms with Gasteiger partial charge in [-0.05, 0) is 68.5 Å². The number of hydrogen-bond acceptors (Lipinski definition) is 10. The summed E-state index contributed by atoms with van der Waals surface area (Å²) in [5.41, 5.74) is 7.89. The minimum Gasteiger partial charge on any atom is -0.574 e. The Labute approximate surface area is 393 Å². The molecule has 341 valence electrons. The molecule has 4 aromatic heterocycles. The molecule has 0 aliphatic heterocycles. The number of hydrogen-bond donors (Lipinski definition) is 0. The van der Waals surface area contributed by atoms with Crippen molar-refractivity contribution < 1.29 is 67.1 Å². The number of aryl methyl sites for hydroxylation is 1. The average Bonchev–Trinajstić information content (AvgIpc) is 4.11. The molecule has 4 heterocycles. The number of rotatable bonds is 13. The molecular weight excluding hydrogens is 1010 g/mol. The average molecular weight is 1060 g/mol. The van der Waals surface area contributed by atoms with Crippen molar-refractivity contribution in [2.45, 2.75) is 20.8 Å². The van der Waals surface area contributed by atoms with Gasteiger partial charge in [0.15, 0.2) is 0 Å². The molecule has 0 bridgehead atoms. The summed E-state index contributed by atoms with van der Waals surface area (Å²) in [6.07, 6.45) is 12.0. The van der Waals surface area contributed by atoms with E-state index in [0.717, 1.165) is 62.7 Å². The van der Waals surface area contributed by atoms with Gasteiger partial charge in [-0.15, -0.1) is 12.1 Å². The van der Waals surface area contributed by atoms with Gasteiger partial charge in [0.2, 0.25) is 0 Å². The first-order valence-electron chi connectivity index (χ1n) is 19.8. The van der Waals surface area contributed by atoms with Crippen molar-refractivity contribution in [3.63, 3.8) is 0 Å². The topological polar surface area (TPSA) is 131 Å². The molecule has 0 spiro atoms. The minimum atomic E-state index is 0. The molecule has 1 radical (unpaired) electrons. The first kappa shape index (κ1) is 48.7. The third kappa shape index (κ3) is 11.1. The first-order chi connectivity index (χ1) is 31.1. The van der Waals surface area contributed by atoms with Gasteiger partial charge < -0.3 is 57.2 Å². The fourth-order valence-corrected chi connectivity index (χ4v) is 6.47. The zero-order valence-corrected chi connectivity index (χ0v) is 40.4. The van der Waals surface area contributed by atoms with Crippen LogP contribution in [0, 0.1) is 45.6 Å². The van der Waals surface area contributed by atoms with Crippen LogP contribution in [0.15, 0.2) is 104 Å².